The van der Waals surface area contributed by atoms with Gasteiger partial charge in [0, 0.05) is 0 Å². The summed E-state index contributed by atoms with van der Waals surface area (Å²) in [6, 6.07) is 0. The van der Waals surface area contributed by atoms with Crippen LogP contribution in [0.5, 0.6) is 0 Å². The van der Waals surface area contributed by atoms with Gasteiger partial charge in [0.25, 0.3) is 0 Å². The molecule has 0 aromatic rings. The predicted octanol–water partition coefficient (Wildman–Crippen LogP) is -3.63. The van der Waals surface area contributed by atoms with Crippen LogP contribution in [0.15, 0.2) is 0 Å². The zero-order valence-corrected chi connectivity index (χ0v) is 12.5. The van der Waals surface area contributed by atoms with Gasteiger partial charge in [-0.15, -0.1) is 0 Å². The number of aliphatic carboxylic acids is 2. The monoisotopic (exact) mass is 234 g/mol. The molecule has 0 aromatic heterocycles. The molecule has 2 N–H and O–H groups in total. The Balaban J connectivity index is -0.000000141. The summed E-state index contributed by atoms with van der Waals surface area (Å²) in [5, 5.41) is 17.1. The third-order valence-electron chi connectivity index (χ3n) is 2.19. The standard InChI is InChI=1S/C10H18O4.Li.Na.2H/c1-2-3-4-5-6-7-8(9(11)12)10(13)14;;;;/h8H,2-7H2,1H3,(H,11,12)(H,13,14);;;;/q;2*+1;2*-1. The van der Waals surface area contributed by atoms with Crippen molar-refractivity contribution >= 4 is 11.9 Å². The van der Waals surface area contributed by atoms with Gasteiger partial charge in [-0.3, -0.25) is 9.59 Å². The number of carboxylic acids is 2. The average molecular weight is 234 g/mol. The molecule has 0 saturated carbocycles. The van der Waals surface area contributed by atoms with Crippen molar-refractivity contribution in [3.63, 3.8) is 0 Å². The smallest absolute Gasteiger partial charge is 1.00 e. The first-order chi connectivity index (χ1) is 6.59. The van der Waals surface area contributed by atoms with E-state index in [2.05, 4.69) is 6.92 Å². The molecule has 0 saturated heterocycles. The first-order valence-corrected chi connectivity index (χ1v) is 5.05. The van der Waals surface area contributed by atoms with Crippen molar-refractivity contribution in [1.82, 2.24) is 0 Å². The van der Waals surface area contributed by atoms with Gasteiger partial charge in [-0.25, -0.2) is 0 Å². The fourth-order valence-corrected chi connectivity index (χ4v) is 1.30. The molecule has 0 heterocycles. The Morgan fingerprint density at radius 1 is 1.06 bits per heavy atom. The maximum absolute atomic E-state index is 10.5. The van der Waals surface area contributed by atoms with Gasteiger partial charge in [0.05, 0.1) is 0 Å². The van der Waals surface area contributed by atoms with E-state index in [0.29, 0.717) is 6.42 Å². The number of carboxylic acid groups (broad SMARTS) is 2. The van der Waals surface area contributed by atoms with Crippen LogP contribution in [0.4, 0.5) is 0 Å². The van der Waals surface area contributed by atoms with E-state index in [0.717, 1.165) is 25.7 Å². The Morgan fingerprint density at radius 2 is 1.50 bits per heavy atom. The van der Waals surface area contributed by atoms with Crippen molar-refractivity contribution in [1.29, 1.82) is 0 Å². The van der Waals surface area contributed by atoms with Gasteiger partial charge in [-0.05, 0) is 6.42 Å². The van der Waals surface area contributed by atoms with Crippen LogP contribution in [0.25, 0.3) is 0 Å². The molecule has 16 heavy (non-hydrogen) atoms. The van der Waals surface area contributed by atoms with Gasteiger partial charge in [0.1, 0.15) is 0 Å². The number of hydrogen-bond donors (Lipinski definition) is 2. The molecular formula is C10H20LiNaO4. The third-order valence-corrected chi connectivity index (χ3v) is 2.19. The van der Waals surface area contributed by atoms with E-state index in [1.807, 2.05) is 0 Å². The number of hydrogen-bond acceptors (Lipinski definition) is 2. The molecule has 0 atom stereocenters. The number of unbranched alkanes of at least 4 members (excludes halogenated alkanes) is 4. The third kappa shape index (κ3) is 11.0. The van der Waals surface area contributed by atoms with Crippen LogP contribution in [0.3, 0.4) is 0 Å². The van der Waals surface area contributed by atoms with Crippen molar-refractivity contribution in [2.45, 2.75) is 45.4 Å². The quantitative estimate of drug-likeness (QED) is 0.258. The van der Waals surface area contributed by atoms with E-state index in [-0.39, 0.29) is 57.7 Å². The summed E-state index contributed by atoms with van der Waals surface area (Å²) >= 11 is 0. The second kappa shape index (κ2) is 13.6. The van der Waals surface area contributed by atoms with E-state index in [9.17, 15) is 9.59 Å². The molecule has 0 amide bonds. The van der Waals surface area contributed by atoms with Crippen LogP contribution in [0.2, 0.25) is 0 Å². The van der Waals surface area contributed by atoms with E-state index in [4.69, 9.17) is 10.2 Å². The minimum atomic E-state index is -1.23. The molecule has 4 nitrogen and oxygen atoms in total. The fourth-order valence-electron chi connectivity index (χ4n) is 1.30. The van der Waals surface area contributed by atoms with Gasteiger partial charge in [0.2, 0.25) is 0 Å². The second-order valence-electron chi connectivity index (χ2n) is 3.43. The molecule has 0 fully saturated rings. The summed E-state index contributed by atoms with van der Waals surface area (Å²) in [5.41, 5.74) is 0. The van der Waals surface area contributed by atoms with Crippen LogP contribution in [0.1, 0.15) is 48.3 Å². The van der Waals surface area contributed by atoms with Gasteiger partial charge >= 0.3 is 60.4 Å². The first-order valence-electron chi connectivity index (χ1n) is 5.05. The SMILES string of the molecule is CCCCCCCC(C(=O)O)C(=O)O.[H-].[H-].[Li+].[Na+]. The maximum atomic E-state index is 10.5. The molecule has 0 bridgehead atoms. The molecule has 0 aromatic carbocycles. The Labute approximate surface area is 134 Å². The Kier molecular flexibility index (Phi) is 18.5. The summed E-state index contributed by atoms with van der Waals surface area (Å²) in [7, 11) is 0. The molecule has 0 spiro atoms. The molecule has 6 heteroatoms. The molecule has 0 aliphatic heterocycles. The fraction of sp³-hybridized carbons (Fsp3) is 0.800. The summed E-state index contributed by atoms with van der Waals surface area (Å²) in [6.07, 6.45) is 5.16. The van der Waals surface area contributed by atoms with Gasteiger partial charge in [-0.1, -0.05) is 39.0 Å². The van der Waals surface area contributed by atoms with Crippen molar-refractivity contribution in [3.05, 3.63) is 0 Å². The summed E-state index contributed by atoms with van der Waals surface area (Å²) < 4.78 is 0. The van der Waals surface area contributed by atoms with Crippen LogP contribution in [0, 0.1) is 5.92 Å². The van der Waals surface area contributed by atoms with Crippen molar-refractivity contribution in [2.24, 2.45) is 5.92 Å². The maximum Gasteiger partial charge on any atom is 1.00 e. The molecule has 0 aliphatic rings. The molecule has 86 valence electrons. The first kappa shape index (κ1) is 21.8. The van der Waals surface area contributed by atoms with Crippen LogP contribution in [-0.4, -0.2) is 22.2 Å². The number of rotatable bonds is 8. The van der Waals surface area contributed by atoms with Crippen molar-refractivity contribution < 1.29 is 71.1 Å². The Hall–Kier alpha value is 0.537. The topological polar surface area (TPSA) is 74.6 Å². The molecule has 0 radical (unpaired) electrons. The second-order valence-corrected chi connectivity index (χ2v) is 3.43. The van der Waals surface area contributed by atoms with E-state index in [1.165, 1.54) is 0 Å². The van der Waals surface area contributed by atoms with Crippen LogP contribution >= 0.6 is 0 Å². The zero-order valence-electron chi connectivity index (χ0n) is 12.5. The Bertz CT molecular complexity index is 194. The predicted molar refractivity (Wildman–Crippen MR) is 54.4 cm³/mol. The normalized spacial score (nSPS) is 9.12. The summed E-state index contributed by atoms with van der Waals surface area (Å²) in [4.78, 5) is 21.0. The molecular weight excluding hydrogens is 214 g/mol. The van der Waals surface area contributed by atoms with Gasteiger partial charge < -0.3 is 13.1 Å². The molecule has 0 aliphatic carbocycles. The van der Waals surface area contributed by atoms with Crippen LogP contribution in [-0.2, 0) is 9.59 Å². The minimum absolute atomic E-state index is 0. The van der Waals surface area contributed by atoms with Gasteiger partial charge in [0.15, 0.2) is 5.92 Å². The van der Waals surface area contributed by atoms with Crippen molar-refractivity contribution in [3.8, 4) is 0 Å². The average Bonchev–Trinajstić information content (AvgIpc) is 2.09. The molecule has 0 rings (SSSR count). The Morgan fingerprint density at radius 3 is 1.88 bits per heavy atom. The summed E-state index contributed by atoms with van der Waals surface area (Å²) in [6.45, 7) is 2.09. The zero-order chi connectivity index (χ0) is 11.0. The minimum Gasteiger partial charge on any atom is -1.00 e. The van der Waals surface area contributed by atoms with Gasteiger partial charge in [-0.2, -0.15) is 0 Å². The van der Waals surface area contributed by atoms with E-state index in [1.54, 1.807) is 0 Å². The summed E-state index contributed by atoms with van der Waals surface area (Å²) in [5.74, 6) is -3.68. The van der Waals surface area contributed by atoms with E-state index >= 15 is 0 Å². The molecule has 0 unspecified atom stereocenters. The van der Waals surface area contributed by atoms with Crippen LogP contribution < -0.4 is 48.4 Å². The van der Waals surface area contributed by atoms with E-state index < -0.39 is 17.9 Å². The largest absolute Gasteiger partial charge is 1.00 e. The number of carbonyl (C=O) groups is 2. The van der Waals surface area contributed by atoms with Crippen molar-refractivity contribution in [2.75, 3.05) is 0 Å².